The highest BCUT2D eigenvalue weighted by atomic mass is 32.2. The van der Waals surface area contributed by atoms with Crippen LogP contribution in [-0.4, -0.2) is 18.1 Å². The first-order valence-corrected chi connectivity index (χ1v) is 8.69. The fourth-order valence-electron chi connectivity index (χ4n) is 2.44. The van der Waals surface area contributed by atoms with Gasteiger partial charge in [-0.05, 0) is 41.8 Å². The highest BCUT2D eigenvalue weighted by Crippen LogP contribution is 2.41. The van der Waals surface area contributed by atoms with Gasteiger partial charge in [0.1, 0.15) is 16.3 Å². The Bertz CT molecular complexity index is 1180. The number of benzene rings is 3. The van der Waals surface area contributed by atoms with Crippen molar-refractivity contribution < 1.29 is 18.1 Å². The van der Waals surface area contributed by atoms with Crippen LogP contribution in [-0.2, 0) is 10.1 Å². The second-order valence-corrected chi connectivity index (χ2v) is 6.74. The van der Waals surface area contributed by atoms with E-state index < -0.39 is 15.0 Å². The van der Waals surface area contributed by atoms with Gasteiger partial charge in [-0.15, -0.1) is 5.11 Å². The van der Waals surface area contributed by atoms with Gasteiger partial charge in [0.15, 0.2) is 0 Å². The lowest BCUT2D eigenvalue weighted by Gasteiger charge is -2.10. The van der Waals surface area contributed by atoms with Crippen molar-refractivity contribution in [3.8, 4) is 11.8 Å². The SMILES string of the molecule is N#Cc1ccc(N=Nc2c(S(=O)(=O)O)cc3cccc(O)c3c2N)cc1. The number of rotatable bonds is 3. The Balaban J connectivity index is 2.22. The van der Waals surface area contributed by atoms with Crippen molar-refractivity contribution in [2.45, 2.75) is 4.90 Å². The molecule has 0 saturated carbocycles. The van der Waals surface area contributed by atoms with Gasteiger partial charge in [0.05, 0.1) is 23.0 Å². The van der Waals surface area contributed by atoms with Crippen molar-refractivity contribution in [3.05, 3.63) is 54.1 Å². The van der Waals surface area contributed by atoms with Crippen LogP contribution in [0.1, 0.15) is 5.56 Å². The number of azo groups is 1. The van der Waals surface area contributed by atoms with Gasteiger partial charge in [-0.1, -0.05) is 12.1 Å². The zero-order valence-electron chi connectivity index (χ0n) is 13.2. The molecular weight excluding hydrogens is 356 g/mol. The number of nitrogens with two attached hydrogens (primary N) is 1. The Morgan fingerprint density at radius 1 is 1.08 bits per heavy atom. The molecule has 0 unspecified atom stereocenters. The predicted molar refractivity (Wildman–Crippen MR) is 95.2 cm³/mol. The Labute approximate surface area is 148 Å². The molecule has 0 saturated heterocycles. The van der Waals surface area contributed by atoms with Crippen LogP contribution in [0.4, 0.5) is 17.1 Å². The van der Waals surface area contributed by atoms with Crippen LogP contribution in [0.3, 0.4) is 0 Å². The first-order chi connectivity index (χ1) is 12.3. The Morgan fingerprint density at radius 2 is 1.77 bits per heavy atom. The quantitative estimate of drug-likeness (QED) is 0.365. The van der Waals surface area contributed by atoms with Gasteiger partial charge >= 0.3 is 0 Å². The smallest absolute Gasteiger partial charge is 0.296 e. The molecule has 0 aliphatic heterocycles. The minimum absolute atomic E-state index is 0.134. The van der Waals surface area contributed by atoms with E-state index in [1.165, 1.54) is 36.4 Å². The zero-order valence-corrected chi connectivity index (χ0v) is 14.0. The normalized spacial score (nSPS) is 11.7. The molecule has 0 amide bonds. The molecule has 0 aliphatic rings. The van der Waals surface area contributed by atoms with Crippen LogP contribution >= 0.6 is 0 Å². The molecule has 0 radical (unpaired) electrons. The summed E-state index contributed by atoms with van der Waals surface area (Å²) in [5.74, 6) is -0.156. The molecule has 9 heteroatoms. The highest BCUT2D eigenvalue weighted by Gasteiger charge is 2.22. The average Bonchev–Trinajstić information content (AvgIpc) is 2.60. The molecule has 0 bridgehead atoms. The number of hydrogen-bond donors (Lipinski definition) is 3. The first-order valence-electron chi connectivity index (χ1n) is 7.25. The number of aromatic hydroxyl groups is 1. The Hall–Kier alpha value is -3.48. The van der Waals surface area contributed by atoms with Crippen molar-refractivity contribution in [2.75, 3.05) is 5.73 Å². The minimum Gasteiger partial charge on any atom is -0.507 e. The van der Waals surface area contributed by atoms with Gasteiger partial charge in [0.2, 0.25) is 0 Å². The summed E-state index contributed by atoms with van der Waals surface area (Å²) in [5, 5.41) is 27.1. The largest absolute Gasteiger partial charge is 0.507 e. The number of anilines is 1. The van der Waals surface area contributed by atoms with Crippen molar-refractivity contribution in [3.63, 3.8) is 0 Å². The molecule has 4 N–H and O–H groups in total. The number of nitrogen functional groups attached to an aromatic ring is 1. The summed E-state index contributed by atoms with van der Waals surface area (Å²) in [7, 11) is -4.63. The van der Waals surface area contributed by atoms with Crippen LogP contribution in [0.2, 0.25) is 0 Å². The molecule has 0 spiro atoms. The van der Waals surface area contributed by atoms with Gasteiger partial charge in [0.25, 0.3) is 10.1 Å². The van der Waals surface area contributed by atoms with Crippen LogP contribution < -0.4 is 5.73 Å². The van der Waals surface area contributed by atoms with E-state index in [-0.39, 0.29) is 22.5 Å². The van der Waals surface area contributed by atoms with Gasteiger partial charge in [-0.3, -0.25) is 4.55 Å². The fraction of sp³-hybridized carbons (Fsp3) is 0. The average molecular weight is 368 g/mol. The van der Waals surface area contributed by atoms with E-state index in [9.17, 15) is 18.1 Å². The van der Waals surface area contributed by atoms with Gasteiger partial charge in [0, 0.05) is 5.39 Å². The van der Waals surface area contributed by atoms with Crippen LogP contribution in [0.25, 0.3) is 10.8 Å². The van der Waals surface area contributed by atoms with E-state index in [0.29, 0.717) is 16.6 Å². The molecule has 0 heterocycles. The molecule has 8 nitrogen and oxygen atoms in total. The third-order valence-corrected chi connectivity index (χ3v) is 4.53. The predicted octanol–water partition coefficient (Wildman–Crippen LogP) is 3.66. The molecule has 3 rings (SSSR count). The highest BCUT2D eigenvalue weighted by molar-refractivity contribution is 7.86. The minimum atomic E-state index is -4.63. The standard InChI is InChI=1S/C17H12N4O4S/c18-9-10-4-6-12(7-5-10)20-21-17-14(26(23,24)25)8-11-2-1-3-13(22)15(11)16(17)19/h1-8,22H,19H2,(H,23,24,25). The molecule has 26 heavy (non-hydrogen) atoms. The molecule has 130 valence electrons. The lowest BCUT2D eigenvalue weighted by molar-refractivity contribution is 0.480. The third kappa shape index (κ3) is 3.19. The first kappa shape index (κ1) is 17.3. The number of phenols is 1. The number of hydrogen-bond acceptors (Lipinski definition) is 7. The van der Waals surface area contributed by atoms with Crippen LogP contribution in [0.15, 0.2) is 63.7 Å². The summed E-state index contributed by atoms with van der Waals surface area (Å²) in [6.07, 6.45) is 0. The third-order valence-electron chi connectivity index (χ3n) is 3.66. The Kier molecular flexibility index (Phi) is 4.29. The molecular formula is C17H12N4O4S. The zero-order chi connectivity index (χ0) is 18.9. The maximum absolute atomic E-state index is 11.7. The second-order valence-electron chi connectivity index (χ2n) is 5.35. The van der Waals surface area contributed by atoms with Crippen molar-refractivity contribution in [1.29, 1.82) is 5.26 Å². The van der Waals surface area contributed by atoms with Crippen LogP contribution in [0, 0.1) is 11.3 Å². The fourth-order valence-corrected chi connectivity index (χ4v) is 3.11. The molecule has 0 aromatic heterocycles. The summed E-state index contributed by atoms with van der Waals surface area (Å²) < 4.78 is 33.0. The van der Waals surface area contributed by atoms with Crippen molar-refractivity contribution in [1.82, 2.24) is 0 Å². The number of nitrogens with zero attached hydrogens (tertiary/aromatic N) is 3. The van der Waals surface area contributed by atoms with E-state index in [2.05, 4.69) is 10.2 Å². The number of nitriles is 1. The second kappa shape index (κ2) is 6.44. The summed E-state index contributed by atoms with van der Waals surface area (Å²) in [6.45, 7) is 0. The molecule has 0 aliphatic carbocycles. The van der Waals surface area contributed by atoms with Gasteiger partial charge < -0.3 is 10.8 Å². The molecule has 3 aromatic carbocycles. The van der Waals surface area contributed by atoms with E-state index in [1.807, 2.05) is 6.07 Å². The number of fused-ring (bicyclic) bond motifs is 1. The Morgan fingerprint density at radius 3 is 2.38 bits per heavy atom. The lowest BCUT2D eigenvalue weighted by atomic mass is 10.1. The van der Waals surface area contributed by atoms with E-state index >= 15 is 0 Å². The monoisotopic (exact) mass is 368 g/mol. The lowest BCUT2D eigenvalue weighted by Crippen LogP contribution is -2.01. The van der Waals surface area contributed by atoms with Gasteiger partial charge in [-0.25, -0.2) is 0 Å². The molecule has 0 fully saturated rings. The van der Waals surface area contributed by atoms with Gasteiger partial charge in [-0.2, -0.15) is 18.8 Å². The summed E-state index contributed by atoms with van der Waals surface area (Å²) in [6, 6.07) is 13.7. The van der Waals surface area contributed by atoms with E-state index in [1.54, 1.807) is 6.07 Å². The molecule has 3 aromatic rings. The summed E-state index contributed by atoms with van der Waals surface area (Å²) >= 11 is 0. The topological polar surface area (TPSA) is 149 Å². The maximum atomic E-state index is 11.7. The maximum Gasteiger partial charge on any atom is 0.296 e. The van der Waals surface area contributed by atoms with E-state index in [4.69, 9.17) is 11.0 Å². The van der Waals surface area contributed by atoms with Crippen molar-refractivity contribution in [2.24, 2.45) is 10.2 Å². The summed E-state index contributed by atoms with van der Waals surface area (Å²) in [4.78, 5) is -0.523. The molecule has 0 atom stereocenters. The van der Waals surface area contributed by atoms with Crippen LogP contribution in [0.5, 0.6) is 5.75 Å². The number of phenolic OH excluding ortho intramolecular Hbond substituents is 1. The van der Waals surface area contributed by atoms with E-state index in [0.717, 1.165) is 6.07 Å². The summed E-state index contributed by atoms with van der Waals surface area (Å²) in [5.41, 5.74) is 6.35. The van der Waals surface area contributed by atoms with Crippen molar-refractivity contribution >= 4 is 38.0 Å².